The maximum atomic E-state index is 5.53. The van der Waals surface area contributed by atoms with E-state index >= 15 is 0 Å². The zero-order valence-electron chi connectivity index (χ0n) is 18.3. The lowest BCUT2D eigenvalue weighted by Crippen LogP contribution is -2.49. The molecule has 4 rings (SSSR count). The fourth-order valence-corrected chi connectivity index (χ4v) is 4.66. The Balaban J connectivity index is 1.21. The second-order valence-corrected chi connectivity index (χ2v) is 8.67. The molecule has 0 bridgehead atoms. The lowest BCUT2D eigenvalue weighted by molar-refractivity contribution is 0.150. The van der Waals surface area contributed by atoms with E-state index < -0.39 is 0 Å². The van der Waals surface area contributed by atoms with Crippen molar-refractivity contribution in [3.05, 3.63) is 36.0 Å². The normalized spacial score (nSPS) is 21.4. The van der Waals surface area contributed by atoms with Gasteiger partial charge in [0.25, 0.3) is 0 Å². The van der Waals surface area contributed by atoms with Gasteiger partial charge in [-0.2, -0.15) is 0 Å². The van der Waals surface area contributed by atoms with Crippen molar-refractivity contribution in [2.75, 3.05) is 45.9 Å². The first kappa shape index (κ1) is 21.2. The fraction of sp³-hybridized carbons (Fsp3) is 0.625. The highest BCUT2D eigenvalue weighted by Crippen LogP contribution is 2.19. The minimum absolute atomic E-state index is 0.521. The second-order valence-electron chi connectivity index (χ2n) is 8.67. The summed E-state index contributed by atoms with van der Waals surface area (Å²) >= 11 is 0. The number of nitrogens with one attached hydrogen (secondary N) is 3. The second kappa shape index (κ2) is 10.8. The van der Waals surface area contributed by atoms with Gasteiger partial charge in [0.15, 0.2) is 5.96 Å². The van der Waals surface area contributed by atoms with E-state index in [1.54, 1.807) is 0 Å². The number of rotatable bonds is 8. The fourth-order valence-electron chi connectivity index (χ4n) is 4.66. The summed E-state index contributed by atoms with van der Waals surface area (Å²) in [4.78, 5) is 10.8. The van der Waals surface area contributed by atoms with Gasteiger partial charge in [0.1, 0.15) is 0 Å². The molecule has 2 aliphatic heterocycles. The number of nitrogens with zero attached hydrogens (tertiary/aromatic N) is 2. The molecule has 1 atom stereocenters. The summed E-state index contributed by atoms with van der Waals surface area (Å²) < 4.78 is 5.53. The molecule has 30 heavy (non-hydrogen) atoms. The molecule has 0 aliphatic carbocycles. The molecule has 1 unspecified atom stereocenters. The molecule has 3 N–H and O–H groups in total. The van der Waals surface area contributed by atoms with Crippen LogP contribution < -0.4 is 10.6 Å². The largest absolute Gasteiger partial charge is 0.381 e. The number of guanidine groups is 1. The van der Waals surface area contributed by atoms with E-state index in [1.807, 2.05) is 0 Å². The van der Waals surface area contributed by atoms with Crippen molar-refractivity contribution in [3.63, 3.8) is 0 Å². The van der Waals surface area contributed by atoms with Gasteiger partial charge in [0.2, 0.25) is 0 Å². The number of likely N-dealkylation sites (tertiary alicyclic amines) is 1. The van der Waals surface area contributed by atoms with E-state index in [9.17, 15) is 0 Å². The number of aliphatic imine (C=N–C) groups is 1. The first-order valence-electron chi connectivity index (χ1n) is 11.7. The quantitative estimate of drug-likeness (QED) is 0.355. The van der Waals surface area contributed by atoms with Crippen LogP contribution in [0.4, 0.5) is 0 Å². The zero-order valence-corrected chi connectivity index (χ0v) is 18.3. The van der Waals surface area contributed by atoms with E-state index in [4.69, 9.17) is 9.73 Å². The molecule has 0 spiro atoms. The van der Waals surface area contributed by atoms with Crippen molar-refractivity contribution < 1.29 is 4.74 Å². The molecule has 0 saturated carbocycles. The molecule has 1 aromatic carbocycles. The summed E-state index contributed by atoms with van der Waals surface area (Å²) in [6, 6.07) is 9.04. The Morgan fingerprint density at radius 2 is 2.10 bits per heavy atom. The van der Waals surface area contributed by atoms with Crippen LogP contribution in [0.25, 0.3) is 10.9 Å². The van der Waals surface area contributed by atoms with Gasteiger partial charge in [-0.3, -0.25) is 4.99 Å². The molecule has 6 nitrogen and oxygen atoms in total. The Morgan fingerprint density at radius 1 is 1.23 bits per heavy atom. The molecule has 6 heteroatoms. The van der Waals surface area contributed by atoms with Gasteiger partial charge < -0.3 is 25.3 Å². The first-order chi connectivity index (χ1) is 14.8. The van der Waals surface area contributed by atoms with Crippen LogP contribution in [0.15, 0.2) is 35.5 Å². The van der Waals surface area contributed by atoms with Crippen LogP contribution >= 0.6 is 0 Å². The van der Waals surface area contributed by atoms with Gasteiger partial charge in [-0.1, -0.05) is 18.2 Å². The van der Waals surface area contributed by atoms with Crippen molar-refractivity contribution in [1.29, 1.82) is 0 Å². The van der Waals surface area contributed by atoms with Crippen LogP contribution in [0.3, 0.4) is 0 Å². The van der Waals surface area contributed by atoms with Crippen LogP contribution in [-0.2, 0) is 11.2 Å². The molecule has 3 heterocycles. The maximum Gasteiger partial charge on any atom is 0.191 e. The number of aromatic nitrogens is 1. The summed E-state index contributed by atoms with van der Waals surface area (Å²) in [6.07, 6.45) is 7.86. The van der Waals surface area contributed by atoms with Crippen molar-refractivity contribution in [1.82, 2.24) is 20.5 Å². The van der Waals surface area contributed by atoms with Crippen LogP contribution in [-0.4, -0.2) is 67.8 Å². The number of aryl methyl sites for hydroxylation is 1. The van der Waals surface area contributed by atoms with Crippen molar-refractivity contribution in [2.24, 2.45) is 10.9 Å². The highest BCUT2D eigenvalue weighted by atomic mass is 16.5. The highest BCUT2D eigenvalue weighted by Gasteiger charge is 2.24. The van der Waals surface area contributed by atoms with E-state index in [2.05, 4.69) is 57.9 Å². The molecule has 164 valence electrons. The van der Waals surface area contributed by atoms with Gasteiger partial charge >= 0.3 is 0 Å². The van der Waals surface area contributed by atoms with Crippen molar-refractivity contribution in [2.45, 2.75) is 45.1 Å². The number of H-pyrrole nitrogens is 1. The van der Waals surface area contributed by atoms with E-state index in [0.717, 1.165) is 51.0 Å². The predicted molar refractivity (Wildman–Crippen MR) is 124 cm³/mol. The minimum Gasteiger partial charge on any atom is -0.381 e. The molecule has 0 radical (unpaired) electrons. The summed E-state index contributed by atoms with van der Waals surface area (Å²) in [5, 5.41) is 8.44. The topological polar surface area (TPSA) is 64.7 Å². The molecular weight excluding hydrogens is 374 g/mol. The minimum atomic E-state index is 0.521. The summed E-state index contributed by atoms with van der Waals surface area (Å²) in [5.74, 6) is 1.71. The molecule has 1 aromatic heterocycles. The van der Waals surface area contributed by atoms with Crippen LogP contribution in [0, 0.1) is 5.92 Å². The highest BCUT2D eigenvalue weighted by molar-refractivity contribution is 5.83. The van der Waals surface area contributed by atoms with Crippen LogP contribution in [0.1, 0.15) is 38.2 Å². The third-order valence-electron chi connectivity index (χ3n) is 6.36. The average molecular weight is 412 g/mol. The Morgan fingerprint density at radius 3 is 2.90 bits per heavy atom. The predicted octanol–water partition coefficient (Wildman–Crippen LogP) is 3.16. The lowest BCUT2D eigenvalue weighted by atomic mass is 10.0. The molecule has 2 aromatic rings. The maximum absolute atomic E-state index is 5.53. The first-order valence-corrected chi connectivity index (χ1v) is 11.7. The van der Waals surface area contributed by atoms with E-state index in [-0.39, 0.29) is 0 Å². The molecular formula is C24H37N5O. The van der Waals surface area contributed by atoms with Gasteiger partial charge in [-0.15, -0.1) is 0 Å². The molecule has 2 fully saturated rings. The van der Waals surface area contributed by atoms with E-state index in [1.165, 1.54) is 55.4 Å². The van der Waals surface area contributed by atoms with E-state index in [0.29, 0.717) is 6.04 Å². The Hall–Kier alpha value is -2.05. The molecule has 0 amide bonds. The number of piperidine rings is 1. The Kier molecular flexibility index (Phi) is 7.65. The van der Waals surface area contributed by atoms with Crippen molar-refractivity contribution >= 4 is 16.9 Å². The summed E-state index contributed by atoms with van der Waals surface area (Å²) in [6.45, 7) is 9.33. The third-order valence-corrected chi connectivity index (χ3v) is 6.36. The van der Waals surface area contributed by atoms with Gasteiger partial charge in [0.05, 0.1) is 6.61 Å². The molecule has 2 saturated heterocycles. The standard InChI is InChI=1S/C24H37N5O/c1-2-25-24(26-12-5-6-20-16-27-23-8-4-3-7-22(20)23)28-21-9-13-29(14-10-21)17-19-11-15-30-18-19/h3-4,7-8,16,19,21,27H,2,5-6,9-15,17-18H2,1H3,(H2,25,26,28). The Labute approximate surface area is 180 Å². The number of ether oxygens (including phenoxy) is 1. The Bertz CT molecular complexity index is 803. The van der Waals surface area contributed by atoms with Crippen molar-refractivity contribution in [3.8, 4) is 0 Å². The van der Waals surface area contributed by atoms with Crippen LogP contribution in [0.2, 0.25) is 0 Å². The van der Waals surface area contributed by atoms with Crippen LogP contribution in [0.5, 0.6) is 0 Å². The summed E-state index contributed by atoms with van der Waals surface area (Å²) in [7, 11) is 0. The number of aromatic amines is 1. The summed E-state index contributed by atoms with van der Waals surface area (Å²) in [5.41, 5.74) is 2.61. The monoisotopic (exact) mass is 411 g/mol. The van der Waals surface area contributed by atoms with Gasteiger partial charge in [-0.05, 0) is 56.6 Å². The van der Waals surface area contributed by atoms with Gasteiger partial charge in [0, 0.05) is 62.5 Å². The molecule has 2 aliphatic rings. The van der Waals surface area contributed by atoms with Gasteiger partial charge in [-0.25, -0.2) is 0 Å². The number of hydrogen-bond acceptors (Lipinski definition) is 3. The average Bonchev–Trinajstić information content (AvgIpc) is 3.43. The lowest BCUT2D eigenvalue weighted by Gasteiger charge is -2.34. The number of para-hydroxylation sites is 1. The SMILES string of the molecule is CCNC(=NCCCc1c[nH]c2ccccc12)NC1CCN(CC2CCOC2)CC1. The number of benzene rings is 1. The zero-order chi connectivity index (χ0) is 20.6. The third kappa shape index (κ3) is 5.76. The number of fused-ring (bicyclic) bond motifs is 1. The smallest absolute Gasteiger partial charge is 0.191 e. The number of hydrogen-bond donors (Lipinski definition) is 3.